The Morgan fingerprint density at radius 2 is 1.90 bits per heavy atom. The van der Waals surface area contributed by atoms with Crippen LogP contribution in [0.2, 0.25) is 5.02 Å². The zero-order chi connectivity index (χ0) is 29.1. The Morgan fingerprint density at radius 1 is 1.15 bits per heavy atom. The molecule has 1 aromatic heterocycles. The van der Waals surface area contributed by atoms with Crippen LogP contribution in [-0.2, 0) is 14.4 Å². The number of alkyl halides is 2. The first-order chi connectivity index (χ1) is 19.6. The second-order valence-electron chi connectivity index (χ2n) is 10.3. The van der Waals surface area contributed by atoms with Gasteiger partial charge in [0.2, 0.25) is 11.8 Å². The van der Waals surface area contributed by atoms with Crippen molar-refractivity contribution in [1.82, 2.24) is 10.3 Å². The molecule has 1 unspecified atom stereocenters. The molecule has 1 saturated heterocycles. The molecule has 0 radical (unpaired) electrons. The number of nitrogens with zero attached hydrogens (tertiary/aromatic N) is 4. The lowest BCUT2D eigenvalue weighted by atomic mass is 9.83. The molecule has 41 heavy (non-hydrogen) atoms. The van der Waals surface area contributed by atoms with Gasteiger partial charge in [-0.05, 0) is 30.3 Å². The Bertz CT molecular complexity index is 1640. The zero-order valence-electron chi connectivity index (χ0n) is 21.2. The van der Waals surface area contributed by atoms with Crippen LogP contribution in [-0.4, -0.2) is 40.7 Å². The van der Waals surface area contributed by atoms with Crippen LogP contribution >= 0.6 is 11.6 Å². The molecule has 3 aromatic rings. The number of nitrogens with one attached hydrogen (secondary N) is 1. The van der Waals surface area contributed by atoms with E-state index in [0.717, 1.165) is 9.80 Å². The van der Waals surface area contributed by atoms with Crippen LogP contribution in [0.25, 0.3) is 0 Å². The van der Waals surface area contributed by atoms with Gasteiger partial charge in [0.15, 0.2) is 0 Å². The maximum atomic E-state index is 15.6. The predicted molar refractivity (Wildman–Crippen MR) is 142 cm³/mol. The fourth-order valence-electron chi connectivity index (χ4n) is 5.93. The second-order valence-corrected chi connectivity index (χ2v) is 10.7. The van der Waals surface area contributed by atoms with E-state index in [1.54, 1.807) is 12.1 Å². The number of carbonyl (C=O) groups is 3. The Hall–Kier alpha value is -4.43. The third kappa shape index (κ3) is 4.48. The normalized spacial score (nSPS) is 21.9. The lowest BCUT2D eigenvalue weighted by molar-refractivity contribution is -0.133. The van der Waals surface area contributed by atoms with Gasteiger partial charge < -0.3 is 5.32 Å². The number of amides is 3. The number of anilines is 2. The molecule has 1 saturated carbocycles. The molecule has 208 valence electrons. The van der Waals surface area contributed by atoms with Gasteiger partial charge in [0.1, 0.15) is 23.7 Å². The number of hydrogen-bond donors (Lipinski definition) is 1. The zero-order valence-corrected chi connectivity index (χ0v) is 22.0. The van der Waals surface area contributed by atoms with E-state index in [1.807, 2.05) is 6.07 Å². The van der Waals surface area contributed by atoms with Crippen molar-refractivity contribution in [3.05, 3.63) is 88.3 Å². The summed E-state index contributed by atoms with van der Waals surface area (Å²) in [4.78, 5) is 48.0. The minimum absolute atomic E-state index is 0.0325. The molecule has 3 heterocycles. The van der Waals surface area contributed by atoms with Gasteiger partial charge in [-0.3, -0.25) is 24.2 Å². The van der Waals surface area contributed by atoms with Crippen LogP contribution < -0.4 is 15.1 Å². The number of carbonyl (C=O) groups excluding carboxylic acids is 3. The minimum atomic E-state index is -2.91. The maximum Gasteiger partial charge on any atom is 0.252 e. The monoisotopic (exact) mass is 579 g/mol. The number of benzene rings is 2. The summed E-state index contributed by atoms with van der Waals surface area (Å²) >= 11 is 6.49. The van der Waals surface area contributed by atoms with Gasteiger partial charge >= 0.3 is 0 Å². The molecular formula is C29H21ClF3N5O3. The lowest BCUT2D eigenvalue weighted by Crippen LogP contribution is -2.58. The van der Waals surface area contributed by atoms with Crippen LogP contribution in [0.1, 0.15) is 47.9 Å². The summed E-state index contributed by atoms with van der Waals surface area (Å²) in [6.45, 7) is 0. The van der Waals surface area contributed by atoms with Crippen LogP contribution in [0.4, 0.5) is 24.7 Å². The molecule has 0 bridgehead atoms. The van der Waals surface area contributed by atoms with Crippen LogP contribution in [0, 0.1) is 17.1 Å². The Morgan fingerprint density at radius 3 is 2.61 bits per heavy atom. The van der Waals surface area contributed by atoms with Gasteiger partial charge in [0, 0.05) is 53.6 Å². The molecule has 2 aliphatic heterocycles. The van der Waals surface area contributed by atoms with Crippen molar-refractivity contribution in [1.29, 1.82) is 5.26 Å². The van der Waals surface area contributed by atoms with E-state index in [4.69, 9.17) is 11.6 Å². The largest absolute Gasteiger partial charge is 0.351 e. The van der Waals surface area contributed by atoms with Crippen LogP contribution in [0.5, 0.6) is 0 Å². The van der Waals surface area contributed by atoms with Crippen molar-refractivity contribution in [2.45, 2.75) is 49.2 Å². The number of halogens is 4. The fourth-order valence-corrected chi connectivity index (χ4v) is 6.17. The molecular weight excluding hydrogens is 559 g/mol. The summed E-state index contributed by atoms with van der Waals surface area (Å²) in [5.41, 5.74) is 0.525. The molecule has 3 atom stereocenters. The SMILES string of the molecule is N#Cc1ccnc(N2C(=O)CC3c4c(F)cccc4N([C@H](C(=O)NC4CC(F)(F)C4)c4ccccc4Cl)C(=O)[C@H]32)c1. The fraction of sp³-hybridized carbons (Fsp3) is 0.276. The van der Waals surface area contributed by atoms with Gasteiger partial charge in [-0.15, -0.1) is 0 Å². The minimum Gasteiger partial charge on any atom is -0.351 e. The first-order valence-electron chi connectivity index (χ1n) is 12.8. The summed E-state index contributed by atoms with van der Waals surface area (Å²) in [5, 5.41) is 12.1. The third-order valence-corrected chi connectivity index (χ3v) is 8.08. The first-order valence-corrected chi connectivity index (χ1v) is 13.2. The smallest absolute Gasteiger partial charge is 0.252 e. The predicted octanol–water partition coefficient (Wildman–Crippen LogP) is 4.64. The van der Waals surface area contributed by atoms with Crippen molar-refractivity contribution >= 4 is 40.8 Å². The average Bonchev–Trinajstić information content (AvgIpc) is 3.27. The summed E-state index contributed by atoms with van der Waals surface area (Å²) in [6.07, 6.45) is 0.00128. The summed E-state index contributed by atoms with van der Waals surface area (Å²) in [6, 6.07) is 11.5. The van der Waals surface area contributed by atoms with Crippen molar-refractivity contribution in [3.63, 3.8) is 0 Å². The van der Waals surface area contributed by atoms with Crippen molar-refractivity contribution in [2.75, 3.05) is 9.80 Å². The molecule has 1 aliphatic carbocycles. The Kier molecular flexibility index (Phi) is 6.46. The number of aromatic nitrogens is 1. The molecule has 1 N–H and O–H groups in total. The van der Waals surface area contributed by atoms with E-state index >= 15 is 4.39 Å². The molecule has 2 aromatic carbocycles. The average molecular weight is 580 g/mol. The highest BCUT2D eigenvalue weighted by molar-refractivity contribution is 6.32. The highest BCUT2D eigenvalue weighted by Crippen LogP contribution is 2.49. The van der Waals surface area contributed by atoms with E-state index in [2.05, 4.69) is 10.3 Å². The van der Waals surface area contributed by atoms with Crippen LogP contribution in [0.3, 0.4) is 0 Å². The molecule has 0 spiro atoms. The topological polar surface area (TPSA) is 106 Å². The van der Waals surface area contributed by atoms with Gasteiger partial charge in [0.05, 0.1) is 17.3 Å². The number of rotatable bonds is 5. The van der Waals surface area contributed by atoms with Crippen LogP contribution in [0.15, 0.2) is 60.8 Å². The molecule has 12 heteroatoms. The first kappa shape index (κ1) is 26.8. The van der Waals surface area contributed by atoms with Gasteiger partial charge in [0.25, 0.3) is 11.8 Å². The van der Waals surface area contributed by atoms with E-state index in [1.165, 1.54) is 48.7 Å². The Labute approximate surface area is 237 Å². The molecule has 8 nitrogen and oxygen atoms in total. The Balaban J connectivity index is 1.50. The summed E-state index contributed by atoms with van der Waals surface area (Å²) in [7, 11) is 0. The quantitative estimate of drug-likeness (QED) is 0.474. The molecule has 2 fully saturated rings. The number of pyridine rings is 1. The molecule has 6 rings (SSSR count). The number of fused-ring (bicyclic) bond motifs is 3. The summed E-state index contributed by atoms with van der Waals surface area (Å²) in [5.74, 6) is -6.46. The highest BCUT2D eigenvalue weighted by atomic mass is 35.5. The lowest BCUT2D eigenvalue weighted by Gasteiger charge is -2.43. The van der Waals surface area contributed by atoms with Gasteiger partial charge in [-0.1, -0.05) is 35.9 Å². The standard InChI is InChI=1S/C29H21ClF3N5O3/c30-19-5-2-1-4-17(19)25(27(40)36-16-12-29(32,33)13-16)37-21-7-3-6-20(31)24(21)18-11-23(39)38(26(18)28(37)41)22-10-15(14-34)8-9-35-22/h1-10,16,18,25-26H,11-13H2,(H,36,40)/t18?,25-,26-/m0/s1. The van der Waals surface area contributed by atoms with Crippen molar-refractivity contribution < 1.29 is 27.6 Å². The molecule has 3 amide bonds. The second kappa shape index (κ2) is 9.89. The van der Waals surface area contributed by atoms with Gasteiger partial charge in [-0.2, -0.15) is 5.26 Å². The number of nitriles is 1. The van der Waals surface area contributed by atoms with E-state index in [9.17, 15) is 28.4 Å². The van der Waals surface area contributed by atoms with E-state index < -0.39 is 66.3 Å². The van der Waals surface area contributed by atoms with Gasteiger partial charge in [-0.25, -0.2) is 18.2 Å². The highest BCUT2D eigenvalue weighted by Gasteiger charge is 2.55. The van der Waals surface area contributed by atoms with E-state index in [0.29, 0.717) is 0 Å². The molecule has 3 aliphatic rings. The number of hydrogen-bond acceptors (Lipinski definition) is 5. The maximum absolute atomic E-state index is 15.6. The summed E-state index contributed by atoms with van der Waals surface area (Å²) < 4.78 is 42.7. The van der Waals surface area contributed by atoms with E-state index in [-0.39, 0.29) is 39.6 Å². The van der Waals surface area contributed by atoms with Crippen molar-refractivity contribution in [2.24, 2.45) is 0 Å². The van der Waals surface area contributed by atoms with Crippen molar-refractivity contribution in [3.8, 4) is 6.07 Å². The third-order valence-electron chi connectivity index (χ3n) is 7.74.